The van der Waals surface area contributed by atoms with Crippen molar-refractivity contribution in [3.05, 3.63) is 65.3 Å². The first kappa shape index (κ1) is 20.5. The lowest BCUT2D eigenvalue weighted by atomic mass is 9.98. The summed E-state index contributed by atoms with van der Waals surface area (Å²) in [5.74, 6) is 0.634. The van der Waals surface area contributed by atoms with E-state index in [2.05, 4.69) is 20.4 Å². The van der Waals surface area contributed by atoms with Crippen molar-refractivity contribution >= 4 is 23.2 Å². The lowest BCUT2D eigenvalue weighted by molar-refractivity contribution is -0.116. The number of para-hydroxylation sites is 1. The maximum absolute atomic E-state index is 13.4. The fraction of sp³-hybridized carbons (Fsp3) is 0.318. The van der Waals surface area contributed by atoms with E-state index in [0.29, 0.717) is 41.0 Å². The number of rotatable bonds is 6. The molecule has 1 unspecified atom stereocenters. The number of hydrogen-bond donors (Lipinski definition) is 1. The lowest BCUT2D eigenvalue weighted by Crippen LogP contribution is -2.36. The smallest absolute Gasteiger partial charge is 0.231 e. The van der Waals surface area contributed by atoms with Crippen molar-refractivity contribution in [2.24, 2.45) is 0 Å². The Morgan fingerprint density at radius 3 is 2.97 bits per heavy atom. The Kier molecular flexibility index (Phi) is 6.40. The zero-order valence-electron chi connectivity index (χ0n) is 16.4. The molecule has 4 rings (SSSR count). The van der Waals surface area contributed by atoms with E-state index in [-0.39, 0.29) is 17.6 Å². The molecule has 0 saturated carbocycles. The zero-order valence-corrected chi connectivity index (χ0v) is 17.1. The largest absolute Gasteiger partial charge is 0.339 e. The molecule has 0 radical (unpaired) electrons. The number of carbonyl (C=O) groups excluding carboxylic acids is 1. The summed E-state index contributed by atoms with van der Waals surface area (Å²) in [6.07, 6.45) is 2.29. The van der Waals surface area contributed by atoms with E-state index in [4.69, 9.17) is 16.1 Å². The molecule has 1 fully saturated rings. The minimum atomic E-state index is -0.335. The van der Waals surface area contributed by atoms with Gasteiger partial charge >= 0.3 is 0 Å². The summed E-state index contributed by atoms with van der Waals surface area (Å²) in [5.41, 5.74) is 1.21. The first-order valence-electron chi connectivity index (χ1n) is 9.95. The summed E-state index contributed by atoms with van der Waals surface area (Å²) < 4.78 is 18.9. The molecule has 0 aliphatic carbocycles. The van der Waals surface area contributed by atoms with Crippen molar-refractivity contribution < 1.29 is 13.7 Å². The van der Waals surface area contributed by atoms with Gasteiger partial charge in [-0.05, 0) is 43.7 Å². The van der Waals surface area contributed by atoms with E-state index in [9.17, 15) is 9.18 Å². The second-order valence-electron chi connectivity index (χ2n) is 7.38. The van der Waals surface area contributed by atoms with Crippen LogP contribution in [0.5, 0.6) is 0 Å². The third-order valence-corrected chi connectivity index (χ3v) is 5.51. The first-order chi connectivity index (χ1) is 14.6. The van der Waals surface area contributed by atoms with Gasteiger partial charge in [-0.1, -0.05) is 41.0 Å². The van der Waals surface area contributed by atoms with Gasteiger partial charge in [0, 0.05) is 25.1 Å². The molecule has 0 bridgehead atoms. The molecule has 1 aliphatic rings. The minimum Gasteiger partial charge on any atom is -0.339 e. The van der Waals surface area contributed by atoms with Crippen LogP contribution >= 0.6 is 11.6 Å². The molecule has 3 aromatic rings. The highest BCUT2D eigenvalue weighted by molar-refractivity contribution is 6.33. The summed E-state index contributed by atoms with van der Waals surface area (Å²) >= 11 is 6.09. The summed E-state index contributed by atoms with van der Waals surface area (Å²) in [5, 5.41) is 7.38. The Hall–Kier alpha value is -2.77. The molecule has 30 heavy (non-hydrogen) atoms. The van der Waals surface area contributed by atoms with Crippen LogP contribution in [0.2, 0.25) is 5.02 Å². The van der Waals surface area contributed by atoms with Crippen LogP contribution in [0, 0.1) is 5.82 Å². The standard InChI is InChI=1S/C22H22ClFN4O2/c23-18-8-1-2-9-19(18)25-20(29)10-12-28-11-4-6-16(14-28)22-26-21(27-30-22)15-5-3-7-17(24)13-15/h1-3,5,7-9,13,16H,4,6,10-12,14H2,(H,25,29). The number of aromatic nitrogens is 2. The molecule has 8 heteroatoms. The molecular weight excluding hydrogens is 407 g/mol. The quantitative estimate of drug-likeness (QED) is 0.614. The van der Waals surface area contributed by atoms with Crippen LogP contribution in [-0.2, 0) is 4.79 Å². The van der Waals surface area contributed by atoms with Crippen molar-refractivity contribution in [2.75, 3.05) is 25.0 Å². The second kappa shape index (κ2) is 9.36. The maximum atomic E-state index is 13.4. The van der Waals surface area contributed by atoms with Crippen LogP contribution in [0.4, 0.5) is 10.1 Å². The predicted molar refractivity (Wildman–Crippen MR) is 113 cm³/mol. The third kappa shape index (κ3) is 5.04. The molecule has 1 aliphatic heterocycles. The van der Waals surface area contributed by atoms with Gasteiger partial charge < -0.3 is 14.7 Å². The molecule has 156 valence electrons. The van der Waals surface area contributed by atoms with Gasteiger partial charge in [0.05, 0.1) is 16.6 Å². The van der Waals surface area contributed by atoms with Gasteiger partial charge in [0.25, 0.3) is 0 Å². The highest BCUT2D eigenvalue weighted by atomic mass is 35.5. The van der Waals surface area contributed by atoms with Gasteiger partial charge in [-0.3, -0.25) is 4.79 Å². The SMILES string of the molecule is O=C(CCN1CCCC(c2nc(-c3cccc(F)c3)no2)C1)Nc1ccccc1Cl. The molecule has 1 amide bonds. The fourth-order valence-electron chi connectivity index (χ4n) is 3.64. The second-order valence-corrected chi connectivity index (χ2v) is 7.79. The number of hydrogen-bond acceptors (Lipinski definition) is 5. The third-order valence-electron chi connectivity index (χ3n) is 5.18. The topological polar surface area (TPSA) is 71.3 Å². The number of nitrogens with zero attached hydrogens (tertiary/aromatic N) is 3. The lowest BCUT2D eigenvalue weighted by Gasteiger charge is -2.30. The highest BCUT2D eigenvalue weighted by Crippen LogP contribution is 2.28. The van der Waals surface area contributed by atoms with Crippen LogP contribution < -0.4 is 5.32 Å². The summed E-state index contributed by atoms with van der Waals surface area (Å²) in [6, 6.07) is 13.3. The summed E-state index contributed by atoms with van der Waals surface area (Å²) in [4.78, 5) is 19.0. The average molecular weight is 429 g/mol. The summed E-state index contributed by atoms with van der Waals surface area (Å²) in [7, 11) is 0. The van der Waals surface area contributed by atoms with E-state index in [1.165, 1.54) is 12.1 Å². The molecule has 1 aromatic heterocycles. The Labute approximate surface area is 179 Å². The van der Waals surface area contributed by atoms with Gasteiger partial charge in [-0.25, -0.2) is 4.39 Å². The van der Waals surface area contributed by atoms with Crippen molar-refractivity contribution in [1.29, 1.82) is 0 Å². The normalized spacial score (nSPS) is 17.1. The van der Waals surface area contributed by atoms with E-state index >= 15 is 0 Å². The Morgan fingerprint density at radius 2 is 2.13 bits per heavy atom. The predicted octanol–water partition coefficient (Wildman–Crippen LogP) is 4.74. The van der Waals surface area contributed by atoms with Crippen LogP contribution in [0.15, 0.2) is 53.1 Å². The Balaban J connectivity index is 1.32. The van der Waals surface area contributed by atoms with Crippen LogP contribution in [0.1, 0.15) is 31.1 Å². The monoisotopic (exact) mass is 428 g/mol. The Morgan fingerprint density at radius 1 is 1.27 bits per heavy atom. The maximum Gasteiger partial charge on any atom is 0.231 e. The van der Waals surface area contributed by atoms with E-state index in [0.717, 1.165) is 25.9 Å². The molecule has 1 N–H and O–H groups in total. The van der Waals surface area contributed by atoms with Crippen LogP contribution in [0.3, 0.4) is 0 Å². The number of piperidine rings is 1. The number of nitrogens with one attached hydrogen (secondary N) is 1. The Bertz CT molecular complexity index is 1030. The van der Waals surface area contributed by atoms with E-state index in [1.54, 1.807) is 24.3 Å². The minimum absolute atomic E-state index is 0.0728. The van der Waals surface area contributed by atoms with Crippen molar-refractivity contribution in [1.82, 2.24) is 15.0 Å². The molecular formula is C22H22ClFN4O2. The average Bonchev–Trinajstić information content (AvgIpc) is 3.25. The van der Waals surface area contributed by atoms with E-state index in [1.807, 2.05) is 12.1 Å². The molecule has 0 spiro atoms. The number of benzene rings is 2. The molecule has 1 saturated heterocycles. The summed E-state index contributed by atoms with van der Waals surface area (Å²) in [6.45, 7) is 2.29. The van der Waals surface area contributed by atoms with Crippen LogP contribution in [-0.4, -0.2) is 40.6 Å². The number of amides is 1. The fourth-order valence-corrected chi connectivity index (χ4v) is 3.82. The van der Waals surface area contributed by atoms with Gasteiger partial charge in [0.2, 0.25) is 17.6 Å². The van der Waals surface area contributed by atoms with Crippen molar-refractivity contribution in [2.45, 2.75) is 25.2 Å². The number of likely N-dealkylation sites (tertiary alicyclic amines) is 1. The van der Waals surface area contributed by atoms with Gasteiger partial charge in [0.1, 0.15) is 5.82 Å². The first-order valence-corrected chi connectivity index (χ1v) is 10.3. The molecule has 1 atom stereocenters. The number of anilines is 1. The van der Waals surface area contributed by atoms with Gasteiger partial charge in [-0.2, -0.15) is 4.98 Å². The van der Waals surface area contributed by atoms with Crippen LogP contribution in [0.25, 0.3) is 11.4 Å². The molecule has 6 nitrogen and oxygen atoms in total. The van der Waals surface area contributed by atoms with Crippen molar-refractivity contribution in [3.63, 3.8) is 0 Å². The zero-order chi connectivity index (χ0) is 20.9. The molecule has 2 heterocycles. The number of carbonyl (C=O) groups is 1. The van der Waals surface area contributed by atoms with Gasteiger partial charge in [0.15, 0.2) is 0 Å². The highest BCUT2D eigenvalue weighted by Gasteiger charge is 2.26. The number of halogens is 2. The van der Waals surface area contributed by atoms with Gasteiger partial charge in [-0.15, -0.1) is 0 Å². The van der Waals surface area contributed by atoms with Crippen molar-refractivity contribution in [3.8, 4) is 11.4 Å². The molecule has 2 aromatic carbocycles. The van der Waals surface area contributed by atoms with E-state index < -0.39 is 0 Å².